The summed E-state index contributed by atoms with van der Waals surface area (Å²) in [5.74, 6) is 0.837. The Morgan fingerprint density at radius 3 is 2.94 bits per heavy atom. The van der Waals surface area contributed by atoms with Gasteiger partial charge in [-0.1, -0.05) is 15.9 Å². The molecule has 5 heteroatoms. The molecule has 1 fully saturated rings. The van der Waals surface area contributed by atoms with Crippen LogP contribution < -0.4 is 15.0 Å². The highest BCUT2D eigenvalue weighted by Crippen LogP contribution is 2.33. The van der Waals surface area contributed by atoms with Gasteiger partial charge >= 0.3 is 0 Å². The number of anilines is 1. The second-order valence-electron chi connectivity index (χ2n) is 4.29. The number of ether oxygens (including phenoxy) is 1. The molecule has 1 aliphatic rings. The molecule has 1 N–H and O–H groups in total. The number of carbonyl (C=O) groups is 1. The van der Waals surface area contributed by atoms with Crippen LogP contribution in [-0.4, -0.2) is 32.7 Å². The van der Waals surface area contributed by atoms with Crippen molar-refractivity contribution in [2.24, 2.45) is 0 Å². The Balaban J connectivity index is 2.35. The third-order valence-electron chi connectivity index (χ3n) is 3.22. The van der Waals surface area contributed by atoms with E-state index in [4.69, 9.17) is 4.74 Å². The van der Waals surface area contributed by atoms with Gasteiger partial charge in [-0.3, -0.25) is 4.79 Å². The van der Waals surface area contributed by atoms with Crippen LogP contribution in [-0.2, 0) is 4.79 Å². The number of carbonyl (C=O) groups excluding carboxylic acids is 1. The molecule has 1 aliphatic heterocycles. The second kappa shape index (κ2) is 5.71. The normalized spacial score (nSPS) is 20.1. The molecule has 98 valence electrons. The maximum absolute atomic E-state index is 12.3. The van der Waals surface area contributed by atoms with E-state index in [0.29, 0.717) is 0 Å². The van der Waals surface area contributed by atoms with Gasteiger partial charge < -0.3 is 15.0 Å². The highest BCUT2D eigenvalue weighted by molar-refractivity contribution is 9.10. The predicted molar refractivity (Wildman–Crippen MR) is 75.1 cm³/mol. The number of amides is 1. The molecule has 0 radical (unpaired) electrons. The molecule has 1 unspecified atom stereocenters. The van der Waals surface area contributed by atoms with Crippen molar-refractivity contribution in [2.75, 3.05) is 25.6 Å². The van der Waals surface area contributed by atoms with Crippen molar-refractivity contribution in [1.29, 1.82) is 0 Å². The number of benzene rings is 1. The molecular weight excluding hydrogens is 296 g/mol. The van der Waals surface area contributed by atoms with Crippen LogP contribution >= 0.6 is 15.9 Å². The monoisotopic (exact) mass is 312 g/mol. The van der Waals surface area contributed by atoms with E-state index in [-0.39, 0.29) is 11.9 Å². The van der Waals surface area contributed by atoms with Gasteiger partial charge in [-0.25, -0.2) is 0 Å². The molecule has 0 spiro atoms. The number of nitrogens with zero attached hydrogens (tertiary/aromatic N) is 1. The lowest BCUT2D eigenvalue weighted by Gasteiger charge is -2.33. The Kier molecular flexibility index (Phi) is 4.24. The lowest BCUT2D eigenvalue weighted by atomic mass is 10.0. The third kappa shape index (κ3) is 2.52. The minimum Gasteiger partial charge on any atom is -0.495 e. The first-order valence-electron chi connectivity index (χ1n) is 5.99. The number of nitrogens with one attached hydrogen (secondary N) is 1. The van der Waals surface area contributed by atoms with Gasteiger partial charge in [0.25, 0.3) is 0 Å². The molecule has 1 heterocycles. The molecule has 1 saturated heterocycles. The van der Waals surface area contributed by atoms with Crippen LogP contribution in [0.15, 0.2) is 22.7 Å². The van der Waals surface area contributed by atoms with Gasteiger partial charge in [-0.2, -0.15) is 0 Å². The van der Waals surface area contributed by atoms with Crippen LogP contribution in [0.3, 0.4) is 0 Å². The maximum atomic E-state index is 12.3. The molecule has 18 heavy (non-hydrogen) atoms. The zero-order valence-electron chi connectivity index (χ0n) is 10.6. The van der Waals surface area contributed by atoms with Crippen molar-refractivity contribution in [3.63, 3.8) is 0 Å². The first kappa shape index (κ1) is 13.4. The quantitative estimate of drug-likeness (QED) is 0.930. The van der Waals surface area contributed by atoms with Gasteiger partial charge in [0.05, 0.1) is 18.8 Å². The van der Waals surface area contributed by atoms with E-state index in [9.17, 15) is 4.79 Å². The topological polar surface area (TPSA) is 41.6 Å². The Labute approximate surface area is 115 Å². The molecule has 1 aromatic rings. The summed E-state index contributed by atoms with van der Waals surface area (Å²) in [6.07, 6.45) is 1.88. The number of hydrogen-bond acceptors (Lipinski definition) is 3. The van der Waals surface area contributed by atoms with Crippen LogP contribution in [0.1, 0.15) is 12.8 Å². The van der Waals surface area contributed by atoms with Gasteiger partial charge in [0.1, 0.15) is 5.75 Å². The van der Waals surface area contributed by atoms with Crippen LogP contribution in [0.5, 0.6) is 5.75 Å². The van der Waals surface area contributed by atoms with Crippen LogP contribution in [0, 0.1) is 0 Å². The van der Waals surface area contributed by atoms with Crippen LogP contribution in [0.4, 0.5) is 5.69 Å². The van der Waals surface area contributed by atoms with Crippen molar-refractivity contribution in [3.05, 3.63) is 22.7 Å². The van der Waals surface area contributed by atoms with Gasteiger partial charge in [-0.15, -0.1) is 0 Å². The first-order chi connectivity index (χ1) is 8.67. The van der Waals surface area contributed by atoms with E-state index in [1.54, 1.807) is 12.0 Å². The van der Waals surface area contributed by atoms with Gasteiger partial charge in [0.15, 0.2) is 0 Å². The number of likely N-dealkylation sites (N-methyl/N-ethyl adjacent to an activating group) is 1. The molecule has 0 aromatic heterocycles. The number of piperidine rings is 1. The molecule has 1 aromatic carbocycles. The third-order valence-corrected chi connectivity index (χ3v) is 3.71. The summed E-state index contributed by atoms with van der Waals surface area (Å²) in [7, 11) is 3.45. The molecule has 4 nitrogen and oxygen atoms in total. The molecule has 2 rings (SSSR count). The van der Waals surface area contributed by atoms with E-state index in [1.807, 2.05) is 25.2 Å². The minimum absolute atomic E-state index is 0.0950. The maximum Gasteiger partial charge on any atom is 0.244 e. The number of halogens is 1. The average molecular weight is 313 g/mol. The fraction of sp³-hybridized carbons (Fsp3) is 0.462. The smallest absolute Gasteiger partial charge is 0.244 e. The molecule has 1 amide bonds. The second-order valence-corrected chi connectivity index (χ2v) is 5.21. The molecule has 0 saturated carbocycles. The van der Waals surface area contributed by atoms with Crippen molar-refractivity contribution in [1.82, 2.24) is 5.32 Å². The van der Waals surface area contributed by atoms with Crippen molar-refractivity contribution < 1.29 is 9.53 Å². The summed E-state index contributed by atoms with van der Waals surface area (Å²) in [5.41, 5.74) is 0.830. The molecule has 0 bridgehead atoms. The van der Waals surface area contributed by atoms with E-state index in [1.165, 1.54) is 0 Å². The summed E-state index contributed by atoms with van der Waals surface area (Å²) in [4.78, 5) is 14.1. The van der Waals surface area contributed by atoms with Crippen molar-refractivity contribution >= 4 is 27.5 Å². The fourth-order valence-electron chi connectivity index (χ4n) is 2.26. The molecule has 1 atom stereocenters. The van der Waals surface area contributed by atoms with E-state index < -0.39 is 0 Å². The molecule has 0 aliphatic carbocycles. The highest BCUT2D eigenvalue weighted by atomic mass is 79.9. The first-order valence-corrected chi connectivity index (χ1v) is 6.79. The van der Waals surface area contributed by atoms with Crippen molar-refractivity contribution in [3.8, 4) is 5.75 Å². The number of hydrogen-bond donors (Lipinski definition) is 1. The van der Waals surface area contributed by atoms with E-state index in [0.717, 1.165) is 35.3 Å². The zero-order valence-corrected chi connectivity index (χ0v) is 12.2. The largest absolute Gasteiger partial charge is 0.495 e. The standard InChI is InChI=1S/C13H17BrN2O2/c1-15-10-4-3-7-16(13(10)17)11-8-9(14)5-6-12(11)18-2/h5-6,8,10,15H,3-4,7H2,1-2H3. The Hall–Kier alpha value is -1.07. The van der Waals surface area contributed by atoms with Crippen molar-refractivity contribution in [2.45, 2.75) is 18.9 Å². The SMILES string of the molecule is CNC1CCCN(c2cc(Br)ccc2OC)C1=O. The Morgan fingerprint density at radius 2 is 2.28 bits per heavy atom. The predicted octanol–water partition coefficient (Wildman–Crippen LogP) is 2.17. The van der Waals surface area contributed by atoms with Crippen LogP contribution in [0.25, 0.3) is 0 Å². The van der Waals surface area contributed by atoms with E-state index >= 15 is 0 Å². The van der Waals surface area contributed by atoms with Crippen LogP contribution in [0.2, 0.25) is 0 Å². The van der Waals surface area contributed by atoms with E-state index in [2.05, 4.69) is 21.2 Å². The Bertz CT molecular complexity index is 451. The summed E-state index contributed by atoms with van der Waals surface area (Å²) in [6.45, 7) is 0.740. The summed E-state index contributed by atoms with van der Waals surface area (Å²) >= 11 is 3.44. The highest BCUT2D eigenvalue weighted by Gasteiger charge is 2.30. The summed E-state index contributed by atoms with van der Waals surface area (Å²) in [6, 6.07) is 5.61. The average Bonchev–Trinajstić information content (AvgIpc) is 2.39. The lowest BCUT2D eigenvalue weighted by Crippen LogP contribution is -2.49. The summed E-state index contributed by atoms with van der Waals surface area (Å²) < 4.78 is 6.28. The van der Waals surface area contributed by atoms with Gasteiger partial charge in [0, 0.05) is 11.0 Å². The van der Waals surface area contributed by atoms with Gasteiger partial charge in [-0.05, 0) is 38.1 Å². The lowest BCUT2D eigenvalue weighted by molar-refractivity contribution is -0.121. The number of methoxy groups -OCH3 is 1. The number of rotatable bonds is 3. The molecular formula is C13H17BrN2O2. The minimum atomic E-state index is -0.0950. The Morgan fingerprint density at radius 1 is 1.50 bits per heavy atom. The zero-order chi connectivity index (χ0) is 13.1. The van der Waals surface area contributed by atoms with Gasteiger partial charge in [0.2, 0.25) is 5.91 Å². The summed E-state index contributed by atoms with van der Waals surface area (Å²) in [5, 5.41) is 3.06. The fourth-order valence-corrected chi connectivity index (χ4v) is 2.61.